The molecule has 0 aromatic heterocycles. The molecular weight excluding hydrogens is 156 g/mol. The van der Waals surface area contributed by atoms with Crippen LogP contribution in [-0.4, -0.2) is 36.1 Å². The molecule has 0 aromatic carbocycles. The van der Waals surface area contributed by atoms with E-state index in [1.54, 1.807) is 0 Å². The molecule has 0 heterocycles. The van der Waals surface area contributed by atoms with Crippen molar-refractivity contribution in [2.24, 2.45) is 0 Å². The molecular formula is C9H18O3. The molecule has 0 rings (SSSR count). The summed E-state index contributed by atoms with van der Waals surface area (Å²) in [5.74, 6) is 0. The van der Waals surface area contributed by atoms with E-state index >= 15 is 0 Å². The van der Waals surface area contributed by atoms with Gasteiger partial charge in [0.25, 0.3) is 0 Å². The van der Waals surface area contributed by atoms with Crippen LogP contribution in [0.2, 0.25) is 0 Å². The average molecular weight is 174 g/mol. The first kappa shape index (κ1) is 11.6. The third-order valence-electron chi connectivity index (χ3n) is 1.42. The molecule has 1 atom stereocenters. The molecule has 0 aliphatic heterocycles. The van der Waals surface area contributed by atoms with E-state index in [0.717, 1.165) is 12.8 Å². The monoisotopic (exact) mass is 174 g/mol. The van der Waals surface area contributed by atoms with Gasteiger partial charge in [-0.25, -0.2) is 0 Å². The quantitative estimate of drug-likeness (QED) is 0.441. The van der Waals surface area contributed by atoms with Crippen LogP contribution in [0.1, 0.15) is 19.8 Å². The highest BCUT2D eigenvalue weighted by Crippen LogP contribution is 1.92. The van der Waals surface area contributed by atoms with Crippen LogP contribution in [0.25, 0.3) is 0 Å². The van der Waals surface area contributed by atoms with Crippen LogP contribution in [0.3, 0.4) is 0 Å². The van der Waals surface area contributed by atoms with Crippen LogP contribution in [-0.2, 0) is 4.74 Å². The van der Waals surface area contributed by atoms with Gasteiger partial charge in [0, 0.05) is 6.61 Å². The molecule has 0 spiro atoms. The van der Waals surface area contributed by atoms with Gasteiger partial charge in [-0.05, 0) is 19.8 Å². The Morgan fingerprint density at radius 3 is 2.83 bits per heavy atom. The lowest BCUT2D eigenvalue weighted by Gasteiger charge is -2.06. The van der Waals surface area contributed by atoms with Crippen molar-refractivity contribution in [3.05, 3.63) is 12.2 Å². The van der Waals surface area contributed by atoms with Gasteiger partial charge in [-0.1, -0.05) is 12.2 Å². The van der Waals surface area contributed by atoms with E-state index in [-0.39, 0.29) is 13.2 Å². The van der Waals surface area contributed by atoms with Crippen molar-refractivity contribution in [3.63, 3.8) is 0 Å². The van der Waals surface area contributed by atoms with Gasteiger partial charge in [0.1, 0.15) is 6.10 Å². The molecule has 0 saturated carbocycles. The summed E-state index contributed by atoms with van der Waals surface area (Å²) in [6.07, 6.45) is 5.31. The van der Waals surface area contributed by atoms with E-state index in [9.17, 15) is 0 Å². The van der Waals surface area contributed by atoms with E-state index < -0.39 is 6.10 Å². The lowest BCUT2D eigenvalue weighted by atomic mass is 10.3. The molecule has 3 heteroatoms. The summed E-state index contributed by atoms with van der Waals surface area (Å²) in [5, 5.41) is 17.3. The first-order valence-electron chi connectivity index (χ1n) is 4.29. The van der Waals surface area contributed by atoms with Crippen molar-refractivity contribution in [2.45, 2.75) is 25.9 Å². The van der Waals surface area contributed by atoms with Crippen LogP contribution in [0.5, 0.6) is 0 Å². The van der Waals surface area contributed by atoms with Crippen molar-refractivity contribution >= 4 is 0 Å². The van der Waals surface area contributed by atoms with Gasteiger partial charge in [0.15, 0.2) is 0 Å². The Morgan fingerprint density at radius 1 is 1.50 bits per heavy atom. The number of ether oxygens (including phenoxy) is 1. The first-order chi connectivity index (χ1) is 5.81. The molecule has 12 heavy (non-hydrogen) atoms. The molecule has 0 radical (unpaired) electrons. The minimum Gasteiger partial charge on any atom is -0.394 e. The van der Waals surface area contributed by atoms with Crippen molar-refractivity contribution < 1.29 is 14.9 Å². The summed E-state index contributed by atoms with van der Waals surface area (Å²) >= 11 is 0. The minimum atomic E-state index is -0.730. The highest BCUT2D eigenvalue weighted by molar-refractivity contribution is 4.76. The number of hydrogen-bond donors (Lipinski definition) is 2. The molecule has 0 aliphatic rings. The molecule has 0 saturated heterocycles. The fourth-order valence-corrected chi connectivity index (χ4v) is 0.742. The standard InChI is InChI=1S/C9H18O3/c1-2-3-4-5-6-12-8-9(11)7-10/h2-3,9-11H,4-8H2,1H3. The highest BCUT2D eigenvalue weighted by atomic mass is 16.5. The summed E-state index contributed by atoms with van der Waals surface area (Å²) in [4.78, 5) is 0. The Morgan fingerprint density at radius 2 is 2.25 bits per heavy atom. The van der Waals surface area contributed by atoms with Gasteiger partial charge < -0.3 is 14.9 Å². The predicted molar refractivity (Wildman–Crippen MR) is 48.0 cm³/mol. The average Bonchev–Trinajstić information content (AvgIpc) is 2.10. The van der Waals surface area contributed by atoms with Gasteiger partial charge in [-0.15, -0.1) is 0 Å². The fourth-order valence-electron chi connectivity index (χ4n) is 0.742. The topological polar surface area (TPSA) is 49.7 Å². The van der Waals surface area contributed by atoms with Crippen molar-refractivity contribution in [1.29, 1.82) is 0 Å². The zero-order chi connectivity index (χ0) is 9.23. The molecule has 3 nitrogen and oxygen atoms in total. The van der Waals surface area contributed by atoms with Crippen LogP contribution in [0.15, 0.2) is 12.2 Å². The van der Waals surface area contributed by atoms with Crippen LogP contribution in [0, 0.1) is 0 Å². The molecule has 2 N–H and O–H groups in total. The minimum absolute atomic E-state index is 0.227. The second-order valence-electron chi connectivity index (χ2n) is 2.62. The summed E-state index contributed by atoms with van der Waals surface area (Å²) in [6, 6.07) is 0. The summed E-state index contributed by atoms with van der Waals surface area (Å²) in [5.41, 5.74) is 0. The van der Waals surface area contributed by atoms with E-state index in [0.29, 0.717) is 6.61 Å². The van der Waals surface area contributed by atoms with Crippen LogP contribution < -0.4 is 0 Å². The Kier molecular flexibility index (Phi) is 8.44. The fraction of sp³-hybridized carbons (Fsp3) is 0.778. The summed E-state index contributed by atoms with van der Waals surface area (Å²) < 4.78 is 5.09. The summed E-state index contributed by atoms with van der Waals surface area (Å²) in [6.45, 7) is 2.62. The lowest BCUT2D eigenvalue weighted by Crippen LogP contribution is -2.19. The summed E-state index contributed by atoms with van der Waals surface area (Å²) in [7, 11) is 0. The van der Waals surface area contributed by atoms with Crippen LogP contribution >= 0.6 is 0 Å². The normalized spacial score (nSPS) is 13.9. The highest BCUT2D eigenvalue weighted by Gasteiger charge is 1.99. The molecule has 72 valence electrons. The smallest absolute Gasteiger partial charge is 0.100 e. The van der Waals surface area contributed by atoms with Gasteiger partial charge in [0.05, 0.1) is 13.2 Å². The molecule has 0 amide bonds. The van der Waals surface area contributed by atoms with E-state index in [1.165, 1.54) is 0 Å². The number of allylic oxidation sites excluding steroid dienone is 2. The number of hydrogen-bond acceptors (Lipinski definition) is 3. The molecule has 0 bridgehead atoms. The maximum absolute atomic E-state index is 8.87. The number of unbranched alkanes of at least 4 members (excludes halogenated alkanes) is 1. The number of aliphatic hydroxyl groups excluding tert-OH is 2. The van der Waals surface area contributed by atoms with E-state index in [4.69, 9.17) is 14.9 Å². The predicted octanol–water partition coefficient (Wildman–Crippen LogP) is 0.712. The Hall–Kier alpha value is -0.380. The molecule has 0 fully saturated rings. The second kappa shape index (κ2) is 8.71. The van der Waals surface area contributed by atoms with E-state index in [2.05, 4.69) is 6.08 Å². The number of aliphatic hydroxyl groups is 2. The molecule has 1 unspecified atom stereocenters. The van der Waals surface area contributed by atoms with Crippen LogP contribution in [0.4, 0.5) is 0 Å². The van der Waals surface area contributed by atoms with Crippen molar-refractivity contribution in [3.8, 4) is 0 Å². The third-order valence-corrected chi connectivity index (χ3v) is 1.42. The second-order valence-corrected chi connectivity index (χ2v) is 2.62. The van der Waals surface area contributed by atoms with Gasteiger partial charge in [-0.2, -0.15) is 0 Å². The van der Waals surface area contributed by atoms with Gasteiger partial charge in [-0.3, -0.25) is 0 Å². The Labute approximate surface area is 73.7 Å². The maximum Gasteiger partial charge on any atom is 0.100 e. The van der Waals surface area contributed by atoms with Gasteiger partial charge >= 0.3 is 0 Å². The molecule has 0 aromatic rings. The zero-order valence-corrected chi connectivity index (χ0v) is 7.57. The van der Waals surface area contributed by atoms with Crippen molar-refractivity contribution in [1.82, 2.24) is 0 Å². The van der Waals surface area contributed by atoms with E-state index in [1.807, 2.05) is 13.0 Å². The largest absolute Gasteiger partial charge is 0.394 e. The number of rotatable bonds is 7. The lowest BCUT2D eigenvalue weighted by molar-refractivity contribution is 0.00586. The molecule has 0 aliphatic carbocycles. The maximum atomic E-state index is 8.87. The SMILES string of the molecule is CC=CCCCOCC(O)CO. The Balaban J connectivity index is 3.00. The first-order valence-corrected chi connectivity index (χ1v) is 4.29. The third kappa shape index (κ3) is 7.72. The van der Waals surface area contributed by atoms with Crippen molar-refractivity contribution in [2.75, 3.05) is 19.8 Å². The van der Waals surface area contributed by atoms with Gasteiger partial charge in [0.2, 0.25) is 0 Å². The Bertz CT molecular complexity index is 112. The zero-order valence-electron chi connectivity index (χ0n) is 7.57.